The summed E-state index contributed by atoms with van der Waals surface area (Å²) < 4.78 is 0. The molecule has 0 saturated carbocycles. The number of rotatable bonds is 4. The first-order valence-electron chi connectivity index (χ1n) is 5.33. The highest BCUT2D eigenvalue weighted by Gasteiger charge is 2.05. The molecule has 0 atom stereocenters. The summed E-state index contributed by atoms with van der Waals surface area (Å²) in [4.78, 5) is 0. The Bertz CT molecular complexity index is 488. The summed E-state index contributed by atoms with van der Waals surface area (Å²) in [6.45, 7) is 3.65. The highest BCUT2D eigenvalue weighted by molar-refractivity contribution is 7.08. The van der Waals surface area contributed by atoms with E-state index < -0.39 is 0 Å². The molecule has 0 aliphatic carbocycles. The predicted octanol–water partition coefficient (Wildman–Crippen LogP) is 4.65. The number of hydrogen-bond acceptors (Lipinski definition) is 2. The summed E-state index contributed by atoms with van der Waals surface area (Å²) in [5.41, 5.74) is 3.62. The normalized spacial score (nSPS) is 10.8. The standard InChI is InChI=1S/C13H13Cl2NS/c1-9-7-17-8-10(9)5-16-6-11-12(14)3-2-4-13(11)15/h2-4,7-8,16H,5-6H2,1H3. The lowest BCUT2D eigenvalue weighted by Gasteiger charge is -2.08. The summed E-state index contributed by atoms with van der Waals surface area (Å²) in [5.74, 6) is 0. The fourth-order valence-electron chi connectivity index (χ4n) is 1.59. The van der Waals surface area contributed by atoms with E-state index in [0.29, 0.717) is 16.6 Å². The monoisotopic (exact) mass is 285 g/mol. The van der Waals surface area contributed by atoms with Crippen molar-refractivity contribution in [3.8, 4) is 0 Å². The van der Waals surface area contributed by atoms with Crippen molar-refractivity contribution >= 4 is 34.5 Å². The van der Waals surface area contributed by atoms with E-state index in [1.54, 1.807) is 11.3 Å². The number of benzene rings is 1. The minimum absolute atomic E-state index is 0.688. The third-order valence-electron chi connectivity index (χ3n) is 2.64. The maximum Gasteiger partial charge on any atom is 0.0465 e. The van der Waals surface area contributed by atoms with E-state index in [0.717, 1.165) is 12.1 Å². The molecule has 2 aromatic rings. The van der Waals surface area contributed by atoms with Crippen molar-refractivity contribution in [1.29, 1.82) is 0 Å². The van der Waals surface area contributed by atoms with Crippen molar-refractivity contribution < 1.29 is 0 Å². The van der Waals surface area contributed by atoms with Gasteiger partial charge in [0.2, 0.25) is 0 Å². The van der Waals surface area contributed by atoms with Crippen LogP contribution in [0.5, 0.6) is 0 Å². The van der Waals surface area contributed by atoms with Gasteiger partial charge in [0.15, 0.2) is 0 Å². The number of nitrogens with one attached hydrogen (secondary N) is 1. The first-order chi connectivity index (χ1) is 8.18. The molecular formula is C13H13Cl2NS. The lowest BCUT2D eigenvalue weighted by atomic mass is 10.2. The van der Waals surface area contributed by atoms with Gasteiger partial charge in [0, 0.05) is 28.7 Å². The Labute approximate surface area is 115 Å². The van der Waals surface area contributed by atoms with Crippen LogP contribution in [0, 0.1) is 6.92 Å². The zero-order valence-electron chi connectivity index (χ0n) is 9.47. The Balaban J connectivity index is 1.97. The molecule has 0 amide bonds. The second-order valence-corrected chi connectivity index (χ2v) is 5.44. The number of hydrogen-bond donors (Lipinski definition) is 1. The van der Waals surface area contributed by atoms with Crippen LogP contribution in [-0.4, -0.2) is 0 Å². The van der Waals surface area contributed by atoms with Crippen molar-refractivity contribution in [3.05, 3.63) is 55.7 Å². The Morgan fingerprint density at radius 2 is 1.82 bits per heavy atom. The van der Waals surface area contributed by atoms with Crippen molar-refractivity contribution in [3.63, 3.8) is 0 Å². The van der Waals surface area contributed by atoms with Crippen LogP contribution < -0.4 is 5.32 Å². The minimum Gasteiger partial charge on any atom is -0.308 e. The van der Waals surface area contributed by atoms with Crippen LogP contribution in [0.4, 0.5) is 0 Å². The molecule has 0 saturated heterocycles. The maximum atomic E-state index is 6.10. The average molecular weight is 286 g/mol. The first-order valence-corrected chi connectivity index (χ1v) is 7.03. The van der Waals surface area contributed by atoms with Crippen LogP contribution in [0.25, 0.3) is 0 Å². The van der Waals surface area contributed by atoms with Crippen molar-refractivity contribution in [2.45, 2.75) is 20.0 Å². The Hall–Kier alpha value is -0.540. The molecule has 0 radical (unpaired) electrons. The van der Waals surface area contributed by atoms with Gasteiger partial charge in [-0.05, 0) is 40.9 Å². The van der Waals surface area contributed by atoms with Gasteiger partial charge in [-0.25, -0.2) is 0 Å². The Kier molecular flexibility index (Phi) is 4.46. The highest BCUT2D eigenvalue weighted by Crippen LogP contribution is 2.24. The van der Waals surface area contributed by atoms with Crippen LogP contribution >= 0.6 is 34.5 Å². The second kappa shape index (κ2) is 5.87. The van der Waals surface area contributed by atoms with Gasteiger partial charge in [-0.3, -0.25) is 0 Å². The number of thiophene rings is 1. The zero-order valence-corrected chi connectivity index (χ0v) is 11.8. The van der Waals surface area contributed by atoms with E-state index >= 15 is 0 Å². The van der Waals surface area contributed by atoms with E-state index in [4.69, 9.17) is 23.2 Å². The van der Waals surface area contributed by atoms with Crippen LogP contribution in [0.2, 0.25) is 10.0 Å². The fraction of sp³-hybridized carbons (Fsp3) is 0.231. The van der Waals surface area contributed by atoms with Crippen LogP contribution in [0.1, 0.15) is 16.7 Å². The summed E-state index contributed by atoms with van der Waals surface area (Å²) in [5, 5.41) is 9.11. The third kappa shape index (κ3) is 3.23. The van der Waals surface area contributed by atoms with E-state index in [9.17, 15) is 0 Å². The van der Waals surface area contributed by atoms with Gasteiger partial charge in [-0.2, -0.15) is 11.3 Å². The second-order valence-electron chi connectivity index (χ2n) is 3.88. The number of halogens is 2. The molecule has 1 N–H and O–H groups in total. The summed E-state index contributed by atoms with van der Waals surface area (Å²) in [6, 6.07) is 5.58. The largest absolute Gasteiger partial charge is 0.308 e. The molecule has 4 heteroatoms. The molecule has 1 aromatic heterocycles. The van der Waals surface area contributed by atoms with Crippen LogP contribution in [-0.2, 0) is 13.1 Å². The quantitative estimate of drug-likeness (QED) is 0.862. The van der Waals surface area contributed by atoms with Gasteiger partial charge in [0.25, 0.3) is 0 Å². The highest BCUT2D eigenvalue weighted by atomic mass is 35.5. The summed E-state index contributed by atoms with van der Waals surface area (Å²) >= 11 is 13.9. The molecule has 0 aliphatic rings. The molecule has 0 bridgehead atoms. The van der Waals surface area contributed by atoms with Crippen molar-refractivity contribution in [1.82, 2.24) is 5.32 Å². The lowest BCUT2D eigenvalue weighted by molar-refractivity contribution is 0.693. The van der Waals surface area contributed by atoms with Crippen LogP contribution in [0.3, 0.4) is 0 Å². The van der Waals surface area contributed by atoms with Gasteiger partial charge in [-0.15, -0.1) is 0 Å². The van der Waals surface area contributed by atoms with Gasteiger partial charge >= 0.3 is 0 Å². The topological polar surface area (TPSA) is 12.0 Å². The van der Waals surface area contributed by atoms with E-state index in [1.165, 1.54) is 11.1 Å². The van der Waals surface area contributed by atoms with E-state index in [1.807, 2.05) is 18.2 Å². The van der Waals surface area contributed by atoms with Gasteiger partial charge in [0.05, 0.1) is 0 Å². The molecule has 1 nitrogen and oxygen atoms in total. The lowest BCUT2D eigenvalue weighted by Crippen LogP contribution is -2.13. The molecule has 90 valence electrons. The van der Waals surface area contributed by atoms with Crippen molar-refractivity contribution in [2.24, 2.45) is 0 Å². The van der Waals surface area contributed by atoms with Crippen LogP contribution in [0.15, 0.2) is 29.0 Å². The zero-order chi connectivity index (χ0) is 12.3. The van der Waals surface area contributed by atoms with E-state index in [2.05, 4.69) is 23.0 Å². The molecule has 0 spiro atoms. The first kappa shape index (κ1) is 12.9. The number of aryl methyl sites for hydroxylation is 1. The van der Waals surface area contributed by atoms with Gasteiger partial charge in [-0.1, -0.05) is 29.3 Å². The van der Waals surface area contributed by atoms with Crippen molar-refractivity contribution in [2.75, 3.05) is 0 Å². The third-order valence-corrected chi connectivity index (χ3v) is 4.26. The average Bonchev–Trinajstić information content (AvgIpc) is 2.69. The minimum atomic E-state index is 0.688. The molecular weight excluding hydrogens is 273 g/mol. The van der Waals surface area contributed by atoms with Gasteiger partial charge in [0.1, 0.15) is 0 Å². The maximum absolute atomic E-state index is 6.10. The van der Waals surface area contributed by atoms with E-state index in [-0.39, 0.29) is 0 Å². The fourth-order valence-corrected chi connectivity index (χ4v) is 2.98. The summed E-state index contributed by atoms with van der Waals surface area (Å²) in [7, 11) is 0. The molecule has 17 heavy (non-hydrogen) atoms. The molecule has 0 unspecified atom stereocenters. The molecule has 1 aromatic carbocycles. The Morgan fingerprint density at radius 3 is 2.41 bits per heavy atom. The Morgan fingerprint density at radius 1 is 1.12 bits per heavy atom. The summed E-state index contributed by atoms with van der Waals surface area (Å²) in [6.07, 6.45) is 0. The SMILES string of the molecule is Cc1cscc1CNCc1c(Cl)cccc1Cl. The molecule has 1 heterocycles. The predicted molar refractivity (Wildman–Crippen MR) is 76.1 cm³/mol. The smallest absolute Gasteiger partial charge is 0.0465 e. The molecule has 0 aliphatic heterocycles. The molecule has 2 rings (SSSR count). The van der Waals surface area contributed by atoms with Gasteiger partial charge < -0.3 is 5.32 Å². The molecule has 0 fully saturated rings.